The van der Waals surface area contributed by atoms with Crippen LogP contribution >= 0.6 is 0 Å². The zero-order valence-corrected chi connectivity index (χ0v) is 12.2. The molecule has 0 bridgehead atoms. The maximum absolute atomic E-state index is 12.0. The number of carbonyl (C=O) groups is 1. The minimum atomic E-state index is -0.499. The molecule has 0 aliphatic carbocycles. The number of esters is 1. The molecule has 0 aliphatic rings. The molecule has 3 rings (SSSR count). The largest absolute Gasteiger partial charge is 0.497 e. The van der Waals surface area contributed by atoms with Gasteiger partial charge in [-0.15, -0.1) is 0 Å². The average molecular weight is 292 g/mol. The van der Waals surface area contributed by atoms with Crippen LogP contribution in [0.15, 0.2) is 42.5 Å². The fourth-order valence-electron chi connectivity index (χ4n) is 2.33. The quantitative estimate of drug-likeness (QED) is 0.543. The summed E-state index contributed by atoms with van der Waals surface area (Å²) in [5.74, 6) is 0.144. The summed E-state index contributed by atoms with van der Waals surface area (Å²) in [6, 6.07) is 12.7. The highest BCUT2D eigenvalue weighted by Crippen LogP contribution is 2.26. The predicted molar refractivity (Wildman–Crippen MR) is 84.3 cm³/mol. The van der Waals surface area contributed by atoms with Crippen molar-refractivity contribution >= 4 is 30.2 Å². The number of aromatic nitrogens is 2. The summed E-state index contributed by atoms with van der Waals surface area (Å²) in [5, 5.41) is 5.04. The molecule has 2 radical (unpaired) electrons. The smallest absolute Gasteiger partial charge is 0.359 e. The van der Waals surface area contributed by atoms with Crippen molar-refractivity contribution in [1.29, 1.82) is 0 Å². The number of fused-ring (bicyclic) bond motifs is 1. The molecule has 2 aromatic carbocycles. The Bertz CT molecular complexity index is 858. The monoisotopic (exact) mass is 292 g/mol. The lowest BCUT2D eigenvalue weighted by atomic mass is 9.96. The molecule has 3 aromatic rings. The van der Waals surface area contributed by atoms with Gasteiger partial charge >= 0.3 is 5.97 Å². The van der Waals surface area contributed by atoms with E-state index in [0.717, 1.165) is 11.2 Å². The van der Waals surface area contributed by atoms with E-state index in [1.54, 1.807) is 30.0 Å². The standard InChI is InChI=1S/C16H13BN2O3/c1-21-12-6-7-14-13(9-12)15(16(20)22-2)18-19(14)11-5-3-4-10(17)8-11/h3-9H,1-2H3. The van der Waals surface area contributed by atoms with Crippen LogP contribution in [0.25, 0.3) is 16.6 Å². The molecule has 0 fully saturated rings. The summed E-state index contributed by atoms with van der Waals surface area (Å²) >= 11 is 0. The minimum absolute atomic E-state index is 0.235. The van der Waals surface area contributed by atoms with Crippen LogP contribution in [-0.2, 0) is 4.74 Å². The lowest BCUT2D eigenvalue weighted by molar-refractivity contribution is 0.0595. The molecule has 0 unspecified atom stereocenters. The molecular weight excluding hydrogens is 279 g/mol. The van der Waals surface area contributed by atoms with Gasteiger partial charge in [-0.05, 0) is 30.3 Å². The highest BCUT2D eigenvalue weighted by atomic mass is 16.5. The lowest BCUT2D eigenvalue weighted by Crippen LogP contribution is -2.07. The number of benzene rings is 2. The Morgan fingerprint density at radius 1 is 1.18 bits per heavy atom. The van der Waals surface area contributed by atoms with E-state index in [2.05, 4.69) is 5.10 Å². The van der Waals surface area contributed by atoms with E-state index in [1.165, 1.54) is 7.11 Å². The van der Waals surface area contributed by atoms with Gasteiger partial charge < -0.3 is 9.47 Å². The third-order valence-corrected chi connectivity index (χ3v) is 3.38. The molecule has 6 heteroatoms. The molecule has 1 aromatic heterocycles. The van der Waals surface area contributed by atoms with Crippen molar-refractivity contribution in [1.82, 2.24) is 9.78 Å². The summed E-state index contributed by atoms with van der Waals surface area (Å²) < 4.78 is 11.7. The first-order valence-corrected chi connectivity index (χ1v) is 6.65. The van der Waals surface area contributed by atoms with Crippen LogP contribution in [0.3, 0.4) is 0 Å². The molecule has 5 nitrogen and oxygen atoms in total. The lowest BCUT2D eigenvalue weighted by Gasteiger charge is -2.05. The van der Waals surface area contributed by atoms with Gasteiger partial charge in [-0.2, -0.15) is 5.10 Å². The number of rotatable bonds is 3. The van der Waals surface area contributed by atoms with Gasteiger partial charge in [0.15, 0.2) is 5.69 Å². The summed E-state index contributed by atoms with van der Waals surface area (Å²) in [6.45, 7) is 0. The Morgan fingerprint density at radius 2 is 2.00 bits per heavy atom. The molecule has 108 valence electrons. The summed E-state index contributed by atoms with van der Waals surface area (Å²) in [7, 11) is 8.72. The topological polar surface area (TPSA) is 53.4 Å². The van der Waals surface area contributed by atoms with Gasteiger partial charge in [0.1, 0.15) is 13.6 Å². The van der Waals surface area contributed by atoms with Gasteiger partial charge in [-0.25, -0.2) is 9.48 Å². The Morgan fingerprint density at radius 3 is 2.68 bits per heavy atom. The van der Waals surface area contributed by atoms with Crippen molar-refractivity contribution in [2.45, 2.75) is 0 Å². The molecule has 0 N–H and O–H groups in total. The summed E-state index contributed by atoms with van der Waals surface area (Å²) in [4.78, 5) is 12.0. The highest BCUT2D eigenvalue weighted by Gasteiger charge is 2.19. The van der Waals surface area contributed by atoms with Crippen molar-refractivity contribution in [2.24, 2.45) is 0 Å². The van der Waals surface area contributed by atoms with E-state index in [9.17, 15) is 4.79 Å². The first kappa shape index (κ1) is 14.2. The molecule has 22 heavy (non-hydrogen) atoms. The Kier molecular flexibility index (Phi) is 3.59. The second-order valence-corrected chi connectivity index (χ2v) is 4.73. The molecule has 1 heterocycles. The first-order chi connectivity index (χ1) is 10.6. The third-order valence-electron chi connectivity index (χ3n) is 3.38. The van der Waals surface area contributed by atoms with Gasteiger partial charge in [-0.1, -0.05) is 17.6 Å². The fraction of sp³-hybridized carbons (Fsp3) is 0.125. The maximum Gasteiger partial charge on any atom is 0.359 e. The van der Waals surface area contributed by atoms with Crippen molar-refractivity contribution < 1.29 is 14.3 Å². The maximum atomic E-state index is 12.0. The molecule has 0 amide bonds. The molecule has 0 aliphatic heterocycles. The third kappa shape index (κ3) is 2.32. The van der Waals surface area contributed by atoms with E-state index < -0.39 is 5.97 Å². The Hall–Kier alpha value is -2.76. The van der Waals surface area contributed by atoms with Crippen LogP contribution in [0.1, 0.15) is 10.5 Å². The van der Waals surface area contributed by atoms with Crippen LogP contribution < -0.4 is 10.2 Å². The number of carbonyl (C=O) groups excluding carboxylic acids is 1. The van der Waals surface area contributed by atoms with E-state index in [4.69, 9.17) is 17.3 Å². The van der Waals surface area contributed by atoms with Crippen LogP contribution in [0, 0.1) is 0 Å². The first-order valence-electron chi connectivity index (χ1n) is 6.65. The zero-order valence-electron chi connectivity index (χ0n) is 12.2. The Labute approximate surface area is 128 Å². The van der Waals surface area contributed by atoms with Gasteiger partial charge in [0.2, 0.25) is 0 Å². The Balaban J connectivity index is 2.29. The molecule has 0 spiro atoms. The number of nitrogens with zero attached hydrogens (tertiary/aromatic N) is 2. The van der Waals surface area contributed by atoms with E-state index >= 15 is 0 Å². The van der Waals surface area contributed by atoms with E-state index in [0.29, 0.717) is 16.6 Å². The zero-order chi connectivity index (χ0) is 15.7. The summed E-state index contributed by atoms with van der Waals surface area (Å²) in [6.07, 6.45) is 0. The van der Waals surface area contributed by atoms with Crippen LogP contribution in [-0.4, -0.2) is 37.8 Å². The van der Waals surface area contributed by atoms with Crippen LogP contribution in [0.5, 0.6) is 5.75 Å². The molecule has 0 atom stereocenters. The van der Waals surface area contributed by atoms with Crippen molar-refractivity contribution in [3.8, 4) is 11.4 Å². The summed E-state index contributed by atoms with van der Waals surface area (Å²) in [5.41, 5.74) is 2.39. The highest BCUT2D eigenvalue weighted by molar-refractivity contribution is 6.32. The van der Waals surface area contributed by atoms with Crippen LogP contribution in [0.2, 0.25) is 0 Å². The molecule has 0 saturated heterocycles. The van der Waals surface area contributed by atoms with Gasteiger partial charge in [0.25, 0.3) is 0 Å². The molecular formula is C16H13BN2O3. The van der Waals surface area contributed by atoms with Crippen molar-refractivity contribution in [3.63, 3.8) is 0 Å². The van der Waals surface area contributed by atoms with Crippen LogP contribution in [0.4, 0.5) is 0 Å². The number of ether oxygens (including phenoxy) is 2. The predicted octanol–water partition coefficient (Wildman–Crippen LogP) is 1.61. The van der Waals surface area contributed by atoms with E-state index in [1.807, 2.05) is 24.3 Å². The number of hydrogen-bond donors (Lipinski definition) is 0. The second kappa shape index (κ2) is 5.56. The van der Waals surface area contributed by atoms with Gasteiger partial charge in [0, 0.05) is 5.39 Å². The average Bonchev–Trinajstić information content (AvgIpc) is 2.92. The van der Waals surface area contributed by atoms with Crippen molar-refractivity contribution in [3.05, 3.63) is 48.2 Å². The molecule has 0 saturated carbocycles. The number of hydrogen-bond acceptors (Lipinski definition) is 4. The van der Waals surface area contributed by atoms with Crippen molar-refractivity contribution in [2.75, 3.05) is 14.2 Å². The fourth-order valence-corrected chi connectivity index (χ4v) is 2.33. The number of methoxy groups -OCH3 is 2. The SMILES string of the molecule is [B]c1cccc(-n2nc(C(=O)OC)c3cc(OC)ccc32)c1. The van der Waals surface area contributed by atoms with Gasteiger partial charge in [0.05, 0.1) is 25.4 Å². The minimum Gasteiger partial charge on any atom is -0.497 e. The van der Waals surface area contributed by atoms with Gasteiger partial charge in [-0.3, -0.25) is 0 Å². The normalized spacial score (nSPS) is 10.6. The second-order valence-electron chi connectivity index (χ2n) is 4.73. The van der Waals surface area contributed by atoms with E-state index in [-0.39, 0.29) is 5.69 Å².